The van der Waals surface area contributed by atoms with E-state index in [1.54, 1.807) is 0 Å². The molecule has 0 aromatic rings. The smallest absolute Gasteiger partial charge is 0.322 e. The molecule has 0 aromatic carbocycles. The van der Waals surface area contributed by atoms with Crippen molar-refractivity contribution in [2.45, 2.75) is 41.7 Å². The van der Waals surface area contributed by atoms with Crippen LogP contribution in [0.5, 0.6) is 0 Å². The third-order valence-electron chi connectivity index (χ3n) is 3.36. The van der Waals surface area contributed by atoms with E-state index in [-0.39, 0.29) is 11.9 Å². The van der Waals surface area contributed by atoms with Gasteiger partial charge in [0.05, 0.1) is 0 Å². The van der Waals surface area contributed by atoms with Crippen LogP contribution in [0, 0.1) is 0 Å². The van der Waals surface area contributed by atoms with Crippen LogP contribution in [0.4, 0.5) is 4.79 Å². The Morgan fingerprint density at radius 1 is 1.21 bits per heavy atom. The van der Waals surface area contributed by atoms with Gasteiger partial charge in [0, 0.05) is 10.5 Å². The molecule has 3 aliphatic rings. The average Bonchev–Trinajstić information content (AvgIpc) is 2.56. The van der Waals surface area contributed by atoms with Gasteiger partial charge in [0.25, 0.3) is 5.91 Å². The molecule has 3 saturated heterocycles. The summed E-state index contributed by atoms with van der Waals surface area (Å²) < 4.78 is 0. The zero-order valence-corrected chi connectivity index (χ0v) is 8.52. The van der Waals surface area contributed by atoms with Crippen LogP contribution < -0.4 is 10.6 Å². The molecule has 76 valence electrons. The summed E-state index contributed by atoms with van der Waals surface area (Å²) in [7, 11) is 0. The Labute approximate surface area is 86.2 Å². The maximum atomic E-state index is 11.7. The number of carbonyl (C=O) groups is 2. The van der Waals surface area contributed by atoms with Crippen molar-refractivity contribution in [3.05, 3.63) is 0 Å². The first-order valence-electron chi connectivity index (χ1n) is 4.97. The van der Waals surface area contributed by atoms with Crippen molar-refractivity contribution >= 4 is 23.7 Å². The predicted octanol–water partition coefficient (Wildman–Crippen LogP) is 0.623. The summed E-state index contributed by atoms with van der Waals surface area (Å²) in [5, 5.41) is 6.29. The molecule has 0 aliphatic carbocycles. The lowest BCUT2D eigenvalue weighted by atomic mass is 9.90. The van der Waals surface area contributed by atoms with Gasteiger partial charge in [-0.2, -0.15) is 11.8 Å². The minimum Gasteiger partial charge on any atom is -0.323 e. The van der Waals surface area contributed by atoms with Crippen molar-refractivity contribution < 1.29 is 9.59 Å². The van der Waals surface area contributed by atoms with Crippen LogP contribution in [0.2, 0.25) is 0 Å². The highest BCUT2D eigenvalue weighted by Crippen LogP contribution is 2.48. The fraction of sp³-hybridized carbons (Fsp3) is 0.778. The Morgan fingerprint density at radius 2 is 1.86 bits per heavy atom. The van der Waals surface area contributed by atoms with Crippen LogP contribution in [-0.2, 0) is 4.79 Å². The minimum atomic E-state index is -0.561. The highest BCUT2D eigenvalue weighted by molar-refractivity contribution is 8.00. The molecule has 1 spiro atoms. The molecular weight excluding hydrogens is 200 g/mol. The Balaban J connectivity index is 1.90. The van der Waals surface area contributed by atoms with Crippen molar-refractivity contribution in [2.24, 2.45) is 0 Å². The largest absolute Gasteiger partial charge is 0.323 e. The van der Waals surface area contributed by atoms with Crippen molar-refractivity contribution in [3.8, 4) is 0 Å². The van der Waals surface area contributed by atoms with E-state index in [9.17, 15) is 9.59 Å². The van der Waals surface area contributed by atoms with E-state index in [1.807, 2.05) is 11.8 Å². The molecule has 0 saturated carbocycles. The first-order valence-corrected chi connectivity index (χ1v) is 5.91. The quantitative estimate of drug-likeness (QED) is 0.579. The lowest BCUT2D eigenvalue weighted by Crippen LogP contribution is -2.51. The summed E-state index contributed by atoms with van der Waals surface area (Å²) in [6.07, 6.45) is 4.01. The van der Waals surface area contributed by atoms with Gasteiger partial charge in [-0.1, -0.05) is 0 Å². The number of amides is 3. The van der Waals surface area contributed by atoms with E-state index in [4.69, 9.17) is 0 Å². The Bertz CT molecular complexity index is 306. The van der Waals surface area contributed by atoms with E-state index in [2.05, 4.69) is 10.6 Å². The summed E-state index contributed by atoms with van der Waals surface area (Å²) >= 11 is 1.99. The van der Waals surface area contributed by atoms with Crippen LogP contribution in [0.25, 0.3) is 0 Å². The third-order valence-corrected chi connectivity index (χ3v) is 4.94. The van der Waals surface area contributed by atoms with Gasteiger partial charge in [0.2, 0.25) is 0 Å². The molecule has 0 radical (unpaired) electrons. The zero-order chi connectivity index (χ0) is 9.76. The molecular formula is C9H12N2O2S. The van der Waals surface area contributed by atoms with Crippen molar-refractivity contribution in [2.75, 3.05) is 0 Å². The Kier molecular flexibility index (Phi) is 1.63. The Morgan fingerprint density at radius 3 is 2.36 bits per heavy atom. The monoisotopic (exact) mass is 212 g/mol. The van der Waals surface area contributed by atoms with Crippen LogP contribution in [0.3, 0.4) is 0 Å². The fourth-order valence-corrected chi connectivity index (χ4v) is 4.61. The summed E-state index contributed by atoms with van der Waals surface area (Å²) in [4.78, 5) is 22.8. The van der Waals surface area contributed by atoms with Gasteiger partial charge in [0.1, 0.15) is 5.54 Å². The first kappa shape index (κ1) is 8.59. The molecule has 5 heteroatoms. The SMILES string of the molecule is O=C1NC(=O)C2(CC3CCC(C2)S3)N1. The normalized spacial score (nSPS) is 45.4. The molecule has 2 atom stereocenters. The Hall–Kier alpha value is -0.710. The summed E-state index contributed by atoms with van der Waals surface area (Å²) in [5.41, 5.74) is -0.561. The maximum Gasteiger partial charge on any atom is 0.322 e. The van der Waals surface area contributed by atoms with Gasteiger partial charge in [-0.3, -0.25) is 10.1 Å². The van der Waals surface area contributed by atoms with Gasteiger partial charge in [-0.15, -0.1) is 0 Å². The van der Waals surface area contributed by atoms with Gasteiger partial charge in [-0.25, -0.2) is 4.79 Å². The molecule has 3 amide bonds. The highest BCUT2D eigenvalue weighted by Gasteiger charge is 2.53. The number of nitrogens with one attached hydrogen (secondary N) is 2. The molecule has 0 aromatic heterocycles. The number of hydrogen-bond donors (Lipinski definition) is 2. The van der Waals surface area contributed by atoms with Gasteiger partial charge in [-0.05, 0) is 25.7 Å². The van der Waals surface area contributed by atoms with E-state index in [0.29, 0.717) is 10.5 Å². The van der Waals surface area contributed by atoms with Gasteiger partial charge in [0.15, 0.2) is 0 Å². The third kappa shape index (κ3) is 1.08. The zero-order valence-electron chi connectivity index (χ0n) is 7.71. The second-order valence-electron chi connectivity index (χ2n) is 4.36. The number of thioether (sulfide) groups is 1. The molecule has 2 N–H and O–H groups in total. The van der Waals surface area contributed by atoms with E-state index in [1.165, 1.54) is 12.8 Å². The van der Waals surface area contributed by atoms with Crippen LogP contribution in [0.15, 0.2) is 0 Å². The van der Waals surface area contributed by atoms with Gasteiger partial charge >= 0.3 is 6.03 Å². The summed E-state index contributed by atoms with van der Waals surface area (Å²) in [6.45, 7) is 0. The number of imide groups is 1. The number of hydrogen-bond acceptors (Lipinski definition) is 3. The number of urea groups is 1. The number of fused-ring (bicyclic) bond motifs is 2. The minimum absolute atomic E-state index is 0.111. The molecule has 3 fully saturated rings. The lowest BCUT2D eigenvalue weighted by Gasteiger charge is -2.34. The average molecular weight is 212 g/mol. The van der Waals surface area contributed by atoms with Crippen LogP contribution in [0.1, 0.15) is 25.7 Å². The second kappa shape index (κ2) is 2.66. The maximum absolute atomic E-state index is 11.7. The molecule has 14 heavy (non-hydrogen) atoms. The second-order valence-corrected chi connectivity index (χ2v) is 5.96. The summed E-state index contributed by atoms with van der Waals surface area (Å²) in [5.74, 6) is -0.111. The highest BCUT2D eigenvalue weighted by atomic mass is 32.2. The molecule has 4 nitrogen and oxygen atoms in total. The standard InChI is InChI=1S/C9H12N2O2S/c12-7-9(11-8(13)10-7)3-5-1-2-6(4-9)14-5/h5-6H,1-4H2,(H2,10,11,12,13). The van der Waals surface area contributed by atoms with Crippen LogP contribution >= 0.6 is 11.8 Å². The van der Waals surface area contributed by atoms with E-state index >= 15 is 0 Å². The molecule has 2 bridgehead atoms. The van der Waals surface area contributed by atoms with Crippen molar-refractivity contribution in [3.63, 3.8) is 0 Å². The first-order chi connectivity index (χ1) is 6.68. The van der Waals surface area contributed by atoms with E-state index in [0.717, 1.165) is 12.8 Å². The fourth-order valence-electron chi connectivity index (χ4n) is 2.76. The molecule has 3 rings (SSSR count). The van der Waals surface area contributed by atoms with E-state index < -0.39 is 5.54 Å². The number of rotatable bonds is 0. The van der Waals surface area contributed by atoms with Crippen molar-refractivity contribution in [1.29, 1.82) is 0 Å². The molecule has 2 unspecified atom stereocenters. The summed E-state index contributed by atoms with van der Waals surface area (Å²) in [6, 6.07) is -0.318. The van der Waals surface area contributed by atoms with Crippen LogP contribution in [-0.4, -0.2) is 28.0 Å². The lowest BCUT2D eigenvalue weighted by molar-refractivity contribution is -0.124. The van der Waals surface area contributed by atoms with Gasteiger partial charge < -0.3 is 5.32 Å². The molecule has 3 aliphatic heterocycles. The topological polar surface area (TPSA) is 58.2 Å². The number of carbonyl (C=O) groups excluding carboxylic acids is 2. The molecule has 3 heterocycles. The van der Waals surface area contributed by atoms with Crippen molar-refractivity contribution in [1.82, 2.24) is 10.6 Å². The predicted molar refractivity (Wildman–Crippen MR) is 53.0 cm³/mol.